The first-order valence-electron chi connectivity index (χ1n) is 6.16. The van der Waals surface area contributed by atoms with E-state index in [4.69, 9.17) is 4.42 Å². The van der Waals surface area contributed by atoms with Crippen molar-refractivity contribution in [2.45, 2.75) is 25.3 Å². The Morgan fingerprint density at radius 3 is 2.89 bits per heavy atom. The average molecular weight is 247 g/mol. The quantitative estimate of drug-likeness (QED) is 0.886. The smallest absolute Gasteiger partial charge is 0.250 e. The van der Waals surface area contributed by atoms with E-state index in [0.29, 0.717) is 11.5 Å². The number of benzene rings is 1. The van der Waals surface area contributed by atoms with Gasteiger partial charge >= 0.3 is 0 Å². The fourth-order valence-electron chi connectivity index (χ4n) is 2.18. The van der Waals surface area contributed by atoms with Crippen molar-refractivity contribution in [3.63, 3.8) is 0 Å². The molecule has 18 heavy (non-hydrogen) atoms. The van der Waals surface area contributed by atoms with Crippen LogP contribution in [0.25, 0.3) is 11.5 Å². The molecule has 4 nitrogen and oxygen atoms in total. The molecule has 1 saturated heterocycles. The topological polar surface area (TPSA) is 51.0 Å². The van der Waals surface area contributed by atoms with Crippen LogP contribution in [0.1, 0.15) is 31.2 Å². The van der Waals surface area contributed by atoms with Crippen LogP contribution in [0.15, 0.2) is 28.7 Å². The molecular weight excluding hydrogens is 233 g/mol. The minimum absolute atomic E-state index is 0.103. The molecule has 0 bridgehead atoms. The Morgan fingerprint density at radius 2 is 2.11 bits per heavy atom. The predicted octanol–water partition coefficient (Wildman–Crippen LogP) is 2.69. The van der Waals surface area contributed by atoms with Gasteiger partial charge in [0, 0.05) is 0 Å². The summed E-state index contributed by atoms with van der Waals surface area (Å²) in [5.74, 6) is 0.452. The minimum Gasteiger partial charge on any atom is -0.419 e. The summed E-state index contributed by atoms with van der Waals surface area (Å²) in [4.78, 5) is 0. The highest BCUT2D eigenvalue weighted by Crippen LogP contribution is 2.26. The normalized spacial score (nSPS) is 19.9. The maximum atomic E-state index is 13.6. The lowest BCUT2D eigenvalue weighted by atomic mass is 10.1. The molecule has 94 valence electrons. The van der Waals surface area contributed by atoms with Crippen molar-refractivity contribution in [1.29, 1.82) is 0 Å². The third-order valence-corrected chi connectivity index (χ3v) is 3.15. The predicted molar refractivity (Wildman–Crippen MR) is 64.3 cm³/mol. The van der Waals surface area contributed by atoms with Gasteiger partial charge in [0.2, 0.25) is 5.89 Å². The molecular formula is C13H14FN3O. The number of hydrogen-bond acceptors (Lipinski definition) is 4. The summed E-state index contributed by atoms with van der Waals surface area (Å²) in [6.07, 6.45) is 3.30. The molecule has 2 aromatic rings. The highest BCUT2D eigenvalue weighted by atomic mass is 19.1. The summed E-state index contributed by atoms with van der Waals surface area (Å²) < 4.78 is 19.1. The second-order valence-electron chi connectivity index (χ2n) is 4.43. The molecule has 1 N–H and O–H groups in total. The van der Waals surface area contributed by atoms with Gasteiger partial charge in [-0.05, 0) is 31.5 Å². The van der Waals surface area contributed by atoms with Gasteiger partial charge in [-0.3, -0.25) is 0 Å². The summed E-state index contributed by atoms with van der Waals surface area (Å²) in [6, 6.07) is 6.52. The Kier molecular flexibility index (Phi) is 3.06. The Balaban J connectivity index is 1.87. The van der Waals surface area contributed by atoms with E-state index in [1.807, 2.05) is 0 Å². The zero-order valence-electron chi connectivity index (χ0n) is 9.90. The molecule has 0 radical (unpaired) electrons. The Labute approximate surface area is 104 Å². The largest absolute Gasteiger partial charge is 0.419 e. The van der Waals surface area contributed by atoms with E-state index < -0.39 is 0 Å². The maximum absolute atomic E-state index is 13.6. The maximum Gasteiger partial charge on any atom is 0.250 e. The van der Waals surface area contributed by atoms with E-state index in [1.165, 1.54) is 12.5 Å². The Hall–Kier alpha value is -1.75. The van der Waals surface area contributed by atoms with Crippen LogP contribution >= 0.6 is 0 Å². The van der Waals surface area contributed by atoms with Gasteiger partial charge < -0.3 is 9.73 Å². The van der Waals surface area contributed by atoms with Crippen molar-refractivity contribution >= 4 is 0 Å². The molecule has 1 aromatic carbocycles. The lowest BCUT2D eigenvalue weighted by Gasteiger charge is -2.19. The summed E-state index contributed by atoms with van der Waals surface area (Å²) in [6.45, 7) is 0.960. The first-order chi connectivity index (χ1) is 8.84. The van der Waals surface area contributed by atoms with Crippen LogP contribution in [-0.2, 0) is 0 Å². The van der Waals surface area contributed by atoms with Gasteiger partial charge in [0.05, 0.1) is 11.6 Å². The molecule has 0 amide bonds. The summed E-state index contributed by atoms with van der Waals surface area (Å²) in [5.41, 5.74) is 0.354. The summed E-state index contributed by atoms with van der Waals surface area (Å²) in [5, 5.41) is 11.3. The van der Waals surface area contributed by atoms with E-state index in [0.717, 1.165) is 19.4 Å². The molecule has 1 aliphatic heterocycles. The fourth-order valence-corrected chi connectivity index (χ4v) is 2.18. The average Bonchev–Trinajstić information content (AvgIpc) is 2.90. The van der Waals surface area contributed by atoms with Crippen LogP contribution in [-0.4, -0.2) is 16.7 Å². The van der Waals surface area contributed by atoms with Gasteiger partial charge in [-0.2, -0.15) is 0 Å². The van der Waals surface area contributed by atoms with Crippen LogP contribution in [0, 0.1) is 5.82 Å². The van der Waals surface area contributed by atoms with Gasteiger partial charge in [0.15, 0.2) is 0 Å². The molecule has 1 aliphatic rings. The van der Waals surface area contributed by atoms with Crippen LogP contribution in [0.4, 0.5) is 4.39 Å². The lowest BCUT2D eigenvalue weighted by Crippen LogP contribution is -2.26. The Morgan fingerprint density at radius 1 is 1.22 bits per heavy atom. The van der Waals surface area contributed by atoms with Crippen molar-refractivity contribution < 1.29 is 8.81 Å². The number of hydrogen-bond donors (Lipinski definition) is 1. The fraction of sp³-hybridized carbons (Fsp3) is 0.385. The van der Waals surface area contributed by atoms with E-state index in [2.05, 4.69) is 15.5 Å². The molecule has 5 heteroatoms. The molecule has 0 aliphatic carbocycles. The van der Waals surface area contributed by atoms with Gasteiger partial charge in [0.1, 0.15) is 5.82 Å². The molecule has 0 spiro atoms. The number of nitrogens with one attached hydrogen (secondary N) is 1. The third-order valence-electron chi connectivity index (χ3n) is 3.15. The monoisotopic (exact) mass is 247 g/mol. The second-order valence-corrected chi connectivity index (χ2v) is 4.43. The SMILES string of the molecule is Fc1ccccc1-c1nnc([C@H]2CCCCN2)o1. The molecule has 1 aromatic heterocycles. The van der Waals surface area contributed by atoms with E-state index >= 15 is 0 Å². The Bertz CT molecular complexity index is 535. The molecule has 1 atom stereocenters. The van der Waals surface area contributed by atoms with E-state index in [1.54, 1.807) is 18.2 Å². The third kappa shape index (κ3) is 2.13. The van der Waals surface area contributed by atoms with Crippen LogP contribution in [0.5, 0.6) is 0 Å². The highest BCUT2D eigenvalue weighted by molar-refractivity contribution is 5.53. The summed E-state index contributed by atoms with van der Waals surface area (Å²) >= 11 is 0. The molecule has 1 fully saturated rings. The number of rotatable bonds is 2. The van der Waals surface area contributed by atoms with Crippen molar-refractivity contribution in [2.24, 2.45) is 0 Å². The van der Waals surface area contributed by atoms with Crippen molar-refractivity contribution in [2.75, 3.05) is 6.54 Å². The first kappa shape index (κ1) is 11.3. The van der Waals surface area contributed by atoms with Gasteiger partial charge in [0.25, 0.3) is 5.89 Å². The molecule has 2 heterocycles. The highest BCUT2D eigenvalue weighted by Gasteiger charge is 2.21. The van der Waals surface area contributed by atoms with Gasteiger partial charge in [-0.25, -0.2) is 4.39 Å². The lowest BCUT2D eigenvalue weighted by molar-refractivity contribution is 0.341. The van der Waals surface area contributed by atoms with Crippen LogP contribution in [0.3, 0.4) is 0 Å². The van der Waals surface area contributed by atoms with Crippen molar-refractivity contribution in [1.82, 2.24) is 15.5 Å². The molecule has 0 saturated carbocycles. The zero-order chi connectivity index (χ0) is 12.4. The van der Waals surface area contributed by atoms with Crippen molar-refractivity contribution in [3.8, 4) is 11.5 Å². The number of halogens is 1. The van der Waals surface area contributed by atoms with Crippen LogP contribution < -0.4 is 5.32 Å². The standard InChI is InChI=1S/C13H14FN3O/c14-10-6-2-1-5-9(10)12-16-17-13(18-12)11-7-3-4-8-15-11/h1-2,5-6,11,15H,3-4,7-8H2/t11-/m1/s1. The minimum atomic E-state index is -0.343. The second kappa shape index (κ2) is 4.86. The van der Waals surface area contributed by atoms with Gasteiger partial charge in [-0.15, -0.1) is 10.2 Å². The van der Waals surface area contributed by atoms with Gasteiger partial charge in [-0.1, -0.05) is 18.6 Å². The molecule has 3 rings (SSSR count). The first-order valence-corrected chi connectivity index (χ1v) is 6.16. The van der Waals surface area contributed by atoms with E-state index in [9.17, 15) is 4.39 Å². The zero-order valence-corrected chi connectivity index (χ0v) is 9.90. The summed E-state index contributed by atoms with van der Waals surface area (Å²) in [7, 11) is 0. The number of nitrogens with zero attached hydrogens (tertiary/aromatic N) is 2. The van der Waals surface area contributed by atoms with Crippen LogP contribution in [0.2, 0.25) is 0 Å². The number of aromatic nitrogens is 2. The number of piperidine rings is 1. The van der Waals surface area contributed by atoms with Crippen molar-refractivity contribution in [3.05, 3.63) is 36.0 Å². The molecule has 0 unspecified atom stereocenters. The van der Waals surface area contributed by atoms with E-state index in [-0.39, 0.29) is 17.7 Å².